The number of amides is 2. The molecule has 3 N–H and O–H groups in total. The lowest BCUT2D eigenvalue weighted by Crippen LogP contribution is -2.36. The van der Waals surface area contributed by atoms with Gasteiger partial charge in [-0.05, 0) is 34.7 Å². The van der Waals surface area contributed by atoms with Crippen molar-refractivity contribution in [3.8, 4) is 0 Å². The maximum Gasteiger partial charge on any atom is 0.274 e. The second-order valence-electron chi connectivity index (χ2n) is 7.55. The summed E-state index contributed by atoms with van der Waals surface area (Å²) in [6.07, 6.45) is 0. The Hall–Kier alpha value is -3.44. The molecule has 0 aliphatic heterocycles. The average molecular weight is 402 g/mol. The van der Waals surface area contributed by atoms with E-state index in [1.54, 1.807) is 29.7 Å². The van der Waals surface area contributed by atoms with Gasteiger partial charge in [0.15, 0.2) is 0 Å². The maximum absolute atomic E-state index is 13.4. The van der Waals surface area contributed by atoms with Crippen LogP contribution in [0.25, 0.3) is 0 Å². The van der Waals surface area contributed by atoms with Gasteiger partial charge in [0.25, 0.3) is 5.91 Å². The van der Waals surface area contributed by atoms with E-state index >= 15 is 0 Å². The Morgan fingerprint density at radius 2 is 1.23 bits per heavy atom. The molecule has 2 amide bonds. The van der Waals surface area contributed by atoms with Gasteiger partial charge in [0, 0.05) is 5.56 Å². The first-order chi connectivity index (χ1) is 14.5. The Bertz CT molecular complexity index is 931. The third-order valence-electron chi connectivity index (χ3n) is 5.13. The van der Waals surface area contributed by atoms with Crippen molar-refractivity contribution in [2.45, 2.75) is 25.8 Å². The van der Waals surface area contributed by atoms with Gasteiger partial charge in [-0.1, -0.05) is 86.6 Å². The molecule has 0 saturated carbocycles. The summed E-state index contributed by atoms with van der Waals surface area (Å²) >= 11 is 0. The predicted octanol–water partition coefficient (Wildman–Crippen LogP) is 4.45. The second-order valence-corrected chi connectivity index (χ2v) is 7.55. The van der Waals surface area contributed by atoms with Gasteiger partial charge in [0.1, 0.15) is 0 Å². The first-order valence-corrected chi connectivity index (χ1v) is 9.96. The van der Waals surface area contributed by atoms with Gasteiger partial charge in [-0.3, -0.25) is 14.8 Å². The molecule has 154 valence electrons. The fourth-order valence-corrected chi connectivity index (χ4v) is 3.56. The van der Waals surface area contributed by atoms with Crippen LogP contribution in [0, 0.1) is 5.92 Å². The standard InChI is InChI=1S/C25H26N2O3/c1-17(2)23(20-13-15-21(16-14-20)24(28)27-30)26-25(29)22(18-9-5-3-6-10-18)19-11-7-4-8-12-19/h3-17,22-23,30H,1-2H3,(H,26,29)(H,27,28). The van der Waals surface area contributed by atoms with Crippen LogP contribution in [-0.4, -0.2) is 17.0 Å². The number of benzene rings is 3. The number of carbonyl (C=O) groups excluding carboxylic acids is 2. The average Bonchev–Trinajstić information content (AvgIpc) is 2.78. The molecule has 0 aliphatic carbocycles. The first-order valence-electron chi connectivity index (χ1n) is 9.96. The maximum atomic E-state index is 13.4. The van der Waals surface area contributed by atoms with E-state index < -0.39 is 11.8 Å². The van der Waals surface area contributed by atoms with E-state index in [4.69, 9.17) is 5.21 Å². The summed E-state index contributed by atoms with van der Waals surface area (Å²) in [7, 11) is 0. The second kappa shape index (κ2) is 9.85. The van der Waals surface area contributed by atoms with Crippen LogP contribution in [-0.2, 0) is 4.79 Å². The number of nitrogens with one attached hydrogen (secondary N) is 2. The highest BCUT2D eigenvalue weighted by Crippen LogP contribution is 2.28. The molecule has 0 fully saturated rings. The molecule has 3 aromatic rings. The molecule has 0 radical (unpaired) electrons. The van der Waals surface area contributed by atoms with E-state index in [-0.39, 0.29) is 17.9 Å². The van der Waals surface area contributed by atoms with Crippen molar-refractivity contribution < 1.29 is 14.8 Å². The predicted molar refractivity (Wildman–Crippen MR) is 116 cm³/mol. The number of hydrogen-bond donors (Lipinski definition) is 3. The highest BCUT2D eigenvalue weighted by atomic mass is 16.5. The lowest BCUT2D eigenvalue weighted by molar-refractivity contribution is -0.122. The van der Waals surface area contributed by atoms with Gasteiger partial charge < -0.3 is 5.32 Å². The van der Waals surface area contributed by atoms with Crippen molar-refractivity contribution in [3.63, 3.8) is 0 Å². The Labute approximate surface area is 176 Å². The van der Waals surface area contributed by atoms with Gasteiger partial charge in [-0.2, -0.15) is 0 Å². The minimum atomic E-state index is -0.570. The fourth-order valence-electron chi connectivity index (χ4n) is 3.56. The van der Waals surface area contributed by atoms with Gasteiger partial charge in [-0.25, -0.2) is 5.48 Å². The van der Waals surface area contributed by atoms with Crippen molar-refractivity contribution in [2.24, 2.45) is 5.92 Å². The van der Waals surface area contributed by atoms with E-state index in [1.165, 1.54) is 0 Å². The van der Waals surface area contributed by atoms with Gasteiger partial charge in [0.2, 0.25) is 5.91 Å². The molecular weight excluding hydrogens is 376 g/mol. The van der Waals surface area contributed by atoms with Crippen molar-refractivity contribution in [1.82, 2.24) is 10.8 Å². The van der Waals surface area contributed by atoms with Crippen LogP contribution >= 0.6 is 0 Å². The monoisotopic (exact) mass is 402 g/mol. The van der Waals surface area contributed by atoms with E-state index in [2.05, 4.69) is 5.32 Å². The highest BCUT2D eigenvalue weighted by Gasteiger charge is 2.26. The van der Waals surface area contributed by atoms with E-state index in [0.29, 0.717) is 5.56 Å². The molecule has 30 heavy (non-hydrogen) atoms. The fraction of sp³-hybridized carbons (Fsp3) is 0.200. The molecule has 0 aromatic heterocycles. The van der Waals surface area contributed by atoms with E-state index in [0.717, 1.165) is 16.7 Å². The normalized spacial score (nSPS) is 11.9. The molecule has 0 aliphatic rings. The minimum Gasteiger partial charge on any atom is -0.348 e. The molecular formula is C25H26N2O3. The quantitative estimate of drug-likeness (QED) is 0.404. The van der Waals surface area contributed by atoms with Gasteiger partial charge in [-0.15, -0.1) is 0 Å². The summed E-state index contributed by atoms with van der Waals surface area (Å²) in [6.45, 7) is 4.08. The molecule has 1 atom stereocenters. The third kappa shape index (κ3) is 4.93. The summed E-state index contributed by atoms with van der Waals surface area (Å²) in [4.78, 5) is 25.0. The van der Waals surface area contributed by atoms with Gasteiger partial charge in [0.05, 0.1) is 12.0 Å². The zero-order chi connectivity index (χ0) is 21.5. The molecule has 5 nitrogen and oxygen atoms in total. The Balaban J connectivity index is 1.89. The largest absolute Gasteiger partial charge is 0.348 e. The summed E-state index contributed by atoms with van der Waals surface area (Å²) in [5.74, 6) is -0.935. The summed E-state index contributed by atoms with van der Waals surface area (Å²) < 4.78 is 0. The first kappa shape index (κ1) is 21.3. The lowest BCUT2D eigenvalue weighted by atomic mass is 9.88. The molecule has 5 heteroatoms. The SMILES string of the molecule is CC(C)C(NC(=O)C(c1ccccc1)c1ccccc1)c1ccc(C(=O)NO)cc1. The Morgan fingerprint density at radius 3 is 1.67 bits per heavy atom. The number of rotatable bonds is 7. The number of hydrogen-bond acceptors (Lipinski definition) is 3. The van der Waals surface area contributed by atoms with Crippen molar-refractivity contribution in [1.29, 1.82) is 0 Å². The van der Waals surface area contributed by atoms with Crippen LogP contribution in [0.15, 0.2) is 84.9 Å². The topological polar surface area (TPSA) is 78.4 Å². The minimum absolute atomic E-state index is 0.0803. The Morgan fingerprint density at radius 1 is 0.733 bits per heavy atom. The number of hydroxylamine groups is 1. The van der Waals surface area contributed by atoms with Crippen molar-refractivity contribution >= 4 is 11.8 Å². The molecule has 0 heterocycles. The van der Waals surface area contributed by atoms with Crippen molar-refractivity contribution in [2.75, 3.05) is 0 Å². The molecule has 3 rings (SSSR count). The zero-order valence-corrected chi connectivity index (χ0v) is 17.1. The third-order valence-corrected chi connectivity index (χ3v) is 5.13. The van der Waals surface area contributed by atoms with Crippen molar-refractivity contribution in [3.05, 3.63) is 107 Å². The highest BCUT2D eigenvalue weighted by molar-refractivity contribution is 5.93. The van der Waals surface area contributed by atoms with Gasteiger partial charge >= 0.3 is 0 Å². The van der Waals surface area contributed by atoms with E-state index in [1.807, 2.05) is 74.5 Å². The summed E-state index contributed by atoms with van der Waals surface area (Å²) in [5, 5.41) is 12.0. The van der Waals surface area contributed by atoms with Crippen LogP contribution in [0.4, 0.5) is 0 Å². The smallest absolute Gasteiger partial charge is 0.274 e. The molecule has 0 bridgehead atoms. The zero-order valence-electron chi connectivity index (χ0n) is 17.1. The Kier molecular flexibility index (Phi) is 6.99. The number of carbonyl (C=O) groups is 2. The molecule has 0 saturated heterocycles. The van der Waals surface area contributed by atoms with E-state index in [9.17, 15) is 9.59 Å². The van der Waals surface area contributed by atoms with Crippen LogP contribution in [0.2, 0.25) is 0 Å². The lowest BCUT2D eigenvalue weighted by Gasteiger charge is -2.26. The molecule has 0 spiro atoms. The molecule has 1 unspecified atom stereocenters. The molecule has 3 aromatic carbocycles. The summed E-state index contributed by atoms with van der Waals surface area (Å²) in [6, 6.07) is 26.1. The van der Waals surface area contributed by atoms with Crippen LogP contribution < -0.4 is 10.8 Å². The van der Waals surface area contributed by atoms with Crippen LogP contribution in [0.3, 0.4) is 0 Å². The summed E-state index contributed by atoms with van der Waals surface area (Å²) in [5.41, 5.74) is 4.73. The van der Waals surface area contributed by atoms with Crippen LogP contribution in [0.1, 0.15) is 52.9 Å². The van der Waals surface area contributed by atoms with Crippen LogP contribution in [0.5, 0.6) is 0 Å².